The molecule has 0 spiro atoms. The molecule has 0 aliphatic carbocycles. The van der Waals surface area contributed by atoms with Gasteiger partial charge in [0.2, 0.25) is 0 Å². The average molecular weight is 191 g/mol. The Morgan fingerprint density at radius 3 is 3.14 bits per heavy atom. The number of nitrogens with one attached hydrogen (secondary N) is 1. The van der Waals surface area contributed by atoms with E-state index in [0.29, 0.717) is 0 Å². The third-order valence-electron chi connectivity index (χ3n) is 1.96. The Hall–Kier alpha value is -1.55. The molecule has 0 aliphatic rings. The largest absolute Gasteiger partial charge is 0.468 e. The summed E-state index contributed by atoms with van der Waals surface area (Å²) in [4.78, 5) is 0. The molecule has 4 heteroatoms. The number of hydrogen-bond acceptors (Lipinski definition) is 3. The van der Waals surface area contributed by atoms with Gasteiger partial charge in [0.25, 0.3) is 0 Å². The van der Waals surface area contributed by atoms with E-state index in [2.05, 4.69) is 10.4 Å². The molecule has 0 amide bonds. The number of furan rings is 1. The highest BCUT2D eigenvalue weighted by Crippen LogP contribution is 1.97. The molecule has 74 valence electrons. The van der Waals surface area contributed by atoms with Gasteiger partial charge in [-0.2, -0.15) is 5.10 Å². The van der Waals surface area contributed by atoms with Gasteiger partial charge < -0.3 is 9.73 Å². The van der Waals surface area contributed by atoms with Gasteiger partial charge in [0.15, 0.2) is 0 Å². The molecule has 0 radical (unpaired) electrons. The number of rotatable bonds is 5. The molecule has 0 saturated heterocycles. The molecule has 0 unspecified atom stereocenters. The van der Waals surface area contributed by atoms with Crippen LogP contribution in [0.25, 0.3) is 0 Å². The standard InChI is InChI=1S/C10H13N3O/c1-3-10(14-8-1)9-11-5-7-13-6-2-4-12-13/h1-4,6,8,11H,5,7,9H2. The maximum Gasteiger partial charge on any atom is 0.117 e. The molecule has 4 nitrogen and oxygen atoms in total. The van der Waals surface area contributed by atoms with Crippen LogP contribution in [0.5, 0.6) is 0 Å². The van der Waals surface area contributed by atoms with E-state index in [0.717, 1.165) is 25.4 Å². The second kappa shape index (κ2) is 4.62. The molecule has 0 aromatic carbocycles. The summed E-state index contributed by atoms with van der Waals surface area (Å²) < 4.78 is 7.08. The highest BCUT2D eigenvalue weighted by atomic mass is 16.3. The lowest BCUT2D eigenvalue weighted by Gasteiger charge is -2.02. The molecule has 0 aliphatic heterocycles. The Labute approximate surface area is 82.5 Å². The van der Waals surface area contributed by atoms with E-state index in [4.69, 9.17) is 4.42 Å². The Morgan fingerprint density at radius 2 is 2.43 bits per heavy atom. The van der Waals surface area contributed by atoms with Crippen molar-refractivity contribution < 1.29 is 4.42 Å². The van der Waals surface area contributed by atoms with Gasteiger partial charge in [0, 0.05) is 18.9 Å². The highest BCUT2D eigenvalue weighted by Gasteiger charge is 1.94. The Morgan fingerprint density at radius 1 is 1.43 bits per heavy atom. The predicted molar refractivity (Wildman–Crippen MR) is 52.6 cm³/mol. The van der Waals surface area contributed by atoms with Crippen LogP contribution in [0, 0.1) is 0 Å². The maximum absolute atomic E-state index is 5.19. The van der Waals surface area contributed by atoms with E-state index >= 15 is 0 Å². The van der Waals surface area contributed by atoms with E-state index in [9.17, 15) is 0 Å². The lowest BCUT2D eigenvalue weighted by molar-refractivity contribution is 0.470. The van der Waals surface area contributed by atoms with Crippen LogP contribution in [0.2, 0.25) is 0 Å². The fraction of sp³-hybridized carbons (Fsp3) is 0.300. The van der Waals surface area contributed by atoms with Crippen LogP contribution in [-0.2, 0) is 13.1 Å². The van der Waals surface area contributed by atoms with Crippen LogP contribution < -0.4 is 5.32 Å². The zero-order chi connectivity index (χ0) is 9.64. The minimum atomic E-state index is 0.772. The zero-order valence-electron chi connectivity index (χ0n) is 7.89. The van der Waals surface area contributed by atoms with Crippen LogP contribution in [0.3, 0.4) is 0 Å². The molecule has 2 heterocycles. The number of hydrogen-bond donors (Lipinski definition) is 1. The first-order valence-electron chi connectivity index (χ1n) is 4.66. The zero-order valence-corrected chi connectivity index (χ0v) is 7.89. The summed E-state index contributed by atoms with van der Waals surface area (Å²) in [7, 11) is 0. The Kier molecular flexibility index (Phi) is 2.98. The lowest BCUT2D eigenvalue weighted by atomic mass is 10.4. The van der Waals surface area contributed by atoms with Crippen molar-refractivity contribution in [2.24, 2.45) is 0 Å². The first kappa shape index (κ1) is 9.02. The predicted octanol–water partition coefficient (Wildman–Crippen LogP) is 1.27. The second-order valence-corrected chi connectivity index (χ2v) is 3.03. The minimum Gasteiger partial charge on any atom is -0.468 e. The van der Waals surface area contributed by atoms with Crippen molar-refractivity contribution in [1.29, 1.82) is 0 Å². The molecule has 0 atom stereocenters. The first-order valence-corrected chi connectivity index (χ1v) is 4.66. The fourth-order valence-corrected chi connectivity index (χ4v) is 1.25. The Bertz CT molecular complexity index is 303. The fourth-order valence-electron chi connectivity index (χ4n) is 1.25. The van der Waals surface area contributed by atoms with Crippen molar-refractivity contribution in [1.82, 2.24) is 15.1 Å². The number of nitrogens with zero attached hydrogens (tertiary/aromatic N) is 2. The Balaban J connectivity index is 1.65. The quantitative estimate of drug-likeness (QED) is 0.724. The van der Waals surface area contributed by atoms with Crippen LogP contribution in [0.4, 0.5) is 0 Å². The van der Waals surface area contributed by atoms with Gasteiger partial charge in [-0.3, -0.25) is 4.68 Å². The average Bonchev–Trinajstić information content (AvgIpc) is 2.86. The summed E-state index contributed by atoms with van der Waals surface area (Å²) in [6.45, 7) is 2.55. The molecule has 2 aromatic heterocycles. The third-order valence-corrected chi connectivity index (χ3v) is 1.96. The smallest absolute Gasteiger partial charge is 0.117 e. The van der Waals surface area contributed by atoms with Crippen molar-refractivity contribution in [3.63, 3.8) is 0 Å². The van der Waals surface area contributed by atoms with Gasteiger partial charge in [-0.1, -0.05) is 0 Å². The summed E-state index contributed by atoms with van der Waals surface area (Å²) in [5.41, 5.74) is 0. The van der Waals surface area contributed by atoms with Crippen LogP contribution in [0.1, 0.15) is 5.76 Å². The lowest BCUT2D eigenvalue weighted by Crippen LogP contribution is -2.19. The minimum absolute atomic E-state index is 0.772. The van der Waals surface area contributed by atoms with Gasteiger partial charge in [0.05, 0.1) is 19.4 Å². The highest BCUT2D eigenvalue weighted by molar-refractivity contribution is 4.97. The van der Waals surface area contributed by atoms with E-state index in [1.54, 1.807) is 12.5 Å². The van der Waals surface area contributed by atoms with Gasteiger partial charge >= 0.3 is 0 Å². The van der Waals surface area contributed by atoms with Crippen molar-refractivity contribution in [2.75, 3.05) is 6.54 Å². The normalized spacial score (nSPS) is 10.6. The molecule has 0 fully saturated rings. The second-order valence-electron chi connectivity index (χ2n) is 3.03. The van der Waals surface area contributed by atoms with E-state index in [1.807, 2.05) is 29.1 Å². The molecular weight excluding hydrogens is 178 g/mol. The SMILES string of the molecule is c1coc(CNCCn2cccn2)c1. The molecular formula is C10H13N3O. The van der Waals surface area contributed by atoms with Gasteiger partial charge in [-0.25, -0.2) is 0 Å². The monoisotopic (exact) mass is 191 g/mol. The molecule has 14 heavy (non-hydrogen) atoms. The summed E-state index contributed by atoms with van der Waals surface area (Å²) in [5, 5.41) is 7.38. The maximum atomic E-state index is 5.19. The van der Waals surface area contributed by atoms with Crippen LogP contribution in [-0.4, -0.2) is 16.3 Å². The van der Waals surface area contributed by atoms with Gasteiger partial charge in [-0.15, -0.1) is 0 Å². The topological polar surface area (TPSA) is 43.0 Å². The molecule has 1 N–H and O–H groups in total. The summed E-state index contributed by atoms with van der Waals surface area (Å²) in [6, 6.07) is 5.78. The number of aromatic nitrogens is 2. The van der Waals surface area contributed by atoms with Crippen molar-refractivity contribution in [3.8, 4) is 0 Å². The van der Waals surface area contributed by atoms with Crippen LogP contribution in [0.15, 0.2) is 41.3 Å². The molecule has 0 saturated carbocycles. The van der Waals surface area contributed by atoms with E-state index in [1.165, 1.54) is 0 Å². The third kappa shape index (κ3) is 2.47. The van der Waals surface area contributed by atoms with Gasteiger partial charge in [-0.05, 0) is 18.2 Å². The van der Waals surface area contributed by atoms with E-state index < -0.39 is 0 Å². The van der Waals surface area contributed by atoms with E-state index in [-0.39, 0.29) is 0 Å². The van der Waals surface area contributed by atoms with Crippen molar-refractivity contribution >= 4 is 0 Å². The summed E-state index contributed by atoms with van der Waals surface area (Å²) >= 11 is 0. The van der Waals surface area contributed by atoms with Crippen molar-refractivity contribution in [3.05, 3.63) is 42.6 Å². The summed E-state index contributed by atoms with van der Waals surface area (Å²) in [5.74, 6) is 0.963. The summed E-state index contributed by atoms with van der Waals surface area (Å²) in [6.07, 6.45) is 5.42. The molecule has 2 aromatic rings. The molecule has 0 bridgehead atoms. The van der Waals surface area contributed by atoms with Crippen molar-refractivity contribution in [2.45, 2.75) is 13.1 Å². The van der Waals surface area contributed by atoms with Gasteiger partial charge in [0.1, 0.15) is 5.76 Å². The van der Waals surface area contributed by atoms with Crippen LogP contribution >= 0.6 is 0 Å². The molecule has 2 rings (SSSR count). The first-order chi connectivity index (χ1) is 6.95.